The highest BCUT2D eigenvalue weighted by atomic mass is 16.5. The summed E-state index contributed by atoms with van der Waals surface area (Å²) in [4.78, 5) is 10.6. The van der Waals surface area contributed by atoms with E-state index in [4.69, 9.17) is 10.5 Å². The number of carbonyl (C=O) groups excluding carboxylic acids is 1. The van der Waals surface area contributed by atoms with Crippen LogP contribution in [0.4, 0.5) is 0 Å². The van der Waals surface area contributed by atoms with Crippen molar-refractivity contribution < 1.29 is 9.53 Å². The van der Waals surface area contributed by atoms with Gasteiger partial charge >= 0.3 is 0 Å². The van der Waals surface area contributed by atoms with E-state index in [-0.39, 0.29) is 12.0 Å². The Morgan fingerprint density at radius 3 is 2.89 bits per heavy atom. The van der Waals surface area contributed by atoms with Crippen LogP contribution in [0, 0.1) is 0 Å². The van der Waals surface area contributed by atoms with E-state index in [1.165, 1.54) is 5.56 Å². The highest BCUT2D eigenvalue weighted by Gasteiger charge is 1.99. The summed E-state index contributed by atoms with van der Waals surface area (Å²) in [5.74, 6) is 0.644. The van der Waals surface area contributed by atoms with Gasteiger partial charge in [-0.1, -0.05) is 12.1 Å². The maximum Gasteiger partial charge on any atom is 0.217 e. The van der Waals surface area contributed by atoms with Crippen molar-refractivity contribution in [3.63, 3.8) is 0 Å². The van der Waals surface area contributed by atoms with Crippen LogP contribution in [0.25, 0.3) is 0 Å². The van der Waals surface area contributed by atoms with E-state index in [9.17, 15) is 4.79 Å². The number of carbonyl (C=O) groups is 1. The molecule has 0 atom stereocenters. The second-order valence-electron chi connectivity index (χ2n) is 4.56. The van der Waals surface area contributed by atoms with Gasteiger partial charge in [0.15, 0.2) is 0 Å². The molecule has 0 aliphatic rings. The molecule has 0 heterocycles. The molecule has 0 saturated heterocycles. The Balaban J connectivity index is 2.31. The van der Waals surface area contributed by atoms with Gasteiger partial charge in [-0.05, 0) is 44.5 Å². The molecule has 3 N–H and O–H groups in total. The highest BCUT2D eigenvalue weighted by molar-refractivity contribution is 5.73. The molecule has 100 valence electrons. The smallest absolute Gasteiger partial charge is 0.217 e. The Morgan fingerprint density at radius 1 is 1.44 bits per heavy atom. The van der Waals surface area contributed by atoms with Crippen molar-refractivity contribution in [2.24, 2.45) is 5.73 Å². The fourth-order valence-electron chi connectivity index (χ4n) is 1.62. The lowest BCUT2D eigenvalue weighted by Gasteiger charge is -2.11. The van der Waals surface area contributed by atoms with E-state index in [1.807, 2.05) is 38.1 Å². The number of primary amides is 1. The molecular formula is C14H22N2O2. The van der Waals surface area contributed by atoms with Crippen LogP contribution >= 0.6 is 0 Å². The van der Waals surface area contributed by atoms with Crippen molar-refractivity contribution in [3.8, 4) is 5.75 Å². The van der Waals surface area contributed by atoms with Crippen molar-refractivity contribution in [2.75, 3.05) is 6.54 Å². The summed E-state index contributed by atoms with van der Waals surface area (Å²) in [5, 5.41) is 3.27. The molecule has 0 saturated carbocycles. The van der Waals surface area contributed by atoms with Crippen LogP contribution in [0.15, 0.2) is 24.3 Å². The number of amides is 1. The molecule has 0 aliphatic carbocycles. The van der Waals surface area contributed by atoms with E-state index in [0.29, 0.717) is 6.42 Å². The second kappa shape index (κ2) is 7.71. The van der Waals surface area contributed by atoms with E-state index in [1.54, 1.807) is 0 Å². The fourth-order valence-corrected chi connectivity index (χ4v) is 1.62. The molecule has 0 fully saturated rings. The molecule has 1 rings (SSSR count). The number of benzene rings is 1. The Morgan fingerprint density at radius 2 is 2.22 bits per heavy atom. The first-order chi connectivity index (χ1) is 8.58. The maximum atomic E-state index is 10.6. The molecule has 1 aromatic rings. The van der Waals surface area contributed by atoms with Crippen molar-refractivity contribution in [3.05, 3.63) is 29.8 Å². The first-order valence-corrected chi connectivity index (χ1v) is 6.32. The zero-order chi connectivity index (χ0) is 13.4. The van der Waals surface area contributed by atoms with Gasteiger partial charge in [-0.15, -0.1) is 0 Å². The third-order valence-corrected chi connectivity index (χ3v) is 2.38. The predicted octanol–water partition coefficient (Wildman–Crippen LogP) is 1.83. The summed E-state index contributed by atoms with van der Waals surface area (Å²) in [5.41, 5.74) is 6.24. The zero-order valence-corrected chi connectivity index (χ0v) is 11.1. The molecule has 4 nitrogen and oxygen atoms in total. The topological polar surface area (TPSA) is 64.3 Å². The third-order valence-electron chi connectivity index (χ3n) is 2.38. The molecule has 0 aliphatic heterocycles. The third kappa shape index (κ3) is 6.25. The summed E-state index contributed by atoms with van der Waals surface area (Å²) in [6.07, 6.45) is 1.39. The van der Waals surface area contributed by atoms with Gasteiger partial charge in [-0.25, -0.2) is 0 Å². The van der Waals surface area contributed by atoms with Gasteiger partial charge in [-0.2, -0.15) is 0 Å². The minimum Gasteiger partial charge on any atom is -0.491 e. The van der Waals surface area contributed by atoms with Gasteiger partial charge in [-0.3, -0.25) is 4.79 Å². The van der Waals surface area contributed by atoms with Crippen LogP contribution in [-0.4, -0.2) is 18.6 Å². The van der Waals surface area contributed by atoms with Crippen LogP contribution < -0.4 is 15.8 Å². The normalized spacial score (nSPS) is 10.6. The molecule has 0 radical (unpaired) electrons. The Bertz CT molecular complexity index is 378. The van der Waals surface area contributed by atoms with Crippen LogP contribution in [0.5, 0.6) is 5.75 Å². The molecule has 1 aromatic carbocycles. The Kier molecular flexibility index (Phi) is 6.22. The standard InChI is InChI=1S/C14H22N2O2/c1-11(2)18-13-6-3-5-12(9-13)10-16-8-4-7-14(15)17/h3,5-6,9,11,16H,4,7-8,10H2,1-2H3,(H2,15,17). The van der Waals surface area contributed by atoms with Gasteiger partial charge in [0.2, 0.25) is 5.91 Å². The van der Waals surface area contributed by atoms with Crippen molar-refractivity contribution in [1.82, 2.24) is 5.32 Å². The molecule has 0 spiro atoms. The van der Waals surface area contributed by atoms with E-state index < -0.39 is 0 Å². The van der Waals surface area contributed by atoms with E-state index >= 15 is 0 Å². The number of nitrogens with one attached hydrogen (secondary N) is 1. The van der Waals surface area contributed by atoms with Gasteiger partial charge in [0.25, 0.3) is 0 Å². The van der Waals surface area contributed by atoms with Crippen LogP contribution in [-0.2, 0) is 11.3 Å². The molecule has 0 unspecified atom stereocenters. The average molecular weight is 250 g/mol. The zero-order valence-electron chi connectivity index (χ0n) is 11.1. The lowest BCUT2D eigenvalue weighted by atomic mass is 10.2. The van der Waals surface area contributed by atoms with Gasteiger partial charge < -0.3 is 15.8 Å². The minimum absolute atomic E-state index is 0.184. The number of hydrogen-bond donors (Lipinski definition) is 2. The van der Waals surface area contributed by atoms with Crippen LogP contribution in [0.2, 0.25) is 0 Å². The lowest BCUT2D eigenvalue weighted by Crippen LogP contribution is -2.18. The summed E-state index contributed by atoms with van der Waals surface area (Å²) in [6.45, 7) is 5.58. The van der Waals surface area contributed by atoms with Crippen LogP contribution in [0.3, 0.4) is 0 Å². The molecule has 0 aromatic heterocycles. The van der Waals surface area contributed by atoms with Crippen molar-refractivity contribution in [2.45, 2.75) is 39.3 Å². The van der Waals surface area contributed by atoms with E-state index in [2.05, 4.69) is 5.32 Å². The predicted molar refractivity (Wildman–Crippen MR) is 72.3 cm³/mol. The average Bonchev–Trinajstić information content (AvgIpc) is 2.27. The minimum atomic E-state index is -0.246. The van der Waals surface area contributed by atoms with Crippen LogP contribution in [0.1, 0.15) is 32.3 Å². The molecule has 4 heteroatoms. The Labute approximate surface area is 109 Å². The number of rotatable bonds is 8. The SMILES string of the molecule is CC(C)Oc1cccc(CNCCCC(N)=O)c1. The van der Waals surface area contributed by atoms with Gasteiger partial charge in [0.05, 0.1) is 6.10 Å². The number of ether oxygens (including phenoxy) is 1. The summed E-state index contributed by atoms with van der Waals surface area (Å²) >= 11 is 0. The second-order valence-corrected chi connectivity index (χ2v) is 4.56. The molecule has 1 amide bonds. The fraction of sp³-hybridized carbons (Fsp3) is 0.500. The maximum absolute atomic E-state index is 10.6. The quantitative estimate of drug-likeness (QED) is 0.692. The number of nitrogens with two attached hydrogens (primary N) is 1. The Hall–Kier alpha value is -1.55. The lowest BCUT2D eigenvalue weighted by molar-refractivity contribution is -0.118. The largest absolute Gasteiger partial charge is 0.491 e. The van der Waals surface area contributed by atoms with E-state index in [0.717, 1.165) is 25.3 Å². The molecular weight excluding hydrogens is 228 g/mol. The van der Waals surface area contributed by atoms with Gasteiger partial charge in [0.1, 0.15) is 5.75 Å². The highest BCUT2D eigenvalue weighted by Crippen LogP contribution is 2.14. The van der Waals surface area contributed by atoms with Crippen molar-refractivity contribution >= 4 is 5.91 Å². The van der Waals surface area contributed by atoms with Crippen molar-refractivity contribution in [1.29, 1.82) is 0 Å². The number of hydrogen-bond acceptors (Lipinski definition) is 3. The monoisotopic (exact) mass is 250 g/mol. The first-order valence-electron chi connectivity index (χ1n) is 6.32. The summed E-state index contributed by atoms with van der Waals surface area (Å²) < 4.78 is 5.62. The molecule has 18 heavy (non-hydrogen) atoms. The van der Waals surface area contributed by atoms with Gasteiger partial charge in [0, 0.05) is 13.0 Å². The summed E-state index contributed by atoms with van der Waals surface area (Å²) in [6, 6.07) is 8.02. The first kappa shape index (κ1) is 14.5. The molecule has 0 bridgehead atoms. The summed E-state index contributed by atoms with van der Waals surface area (Å²) in [7, 11) is 0.